The molecule has 1 aliphatic rings. The van der Waals surface area contributed by atoms with E-state index < -0.39 is 0 Å². The minimum Gasteiger partial charge on any atom is -0.494 e. The van der Waals surface area contributed by atoms with Gasteiger partial charge in [-0.2, -0.15) is 0 Å². The zero-order chi connectivity index (χ0) is 19.6. The first kappa shape index (κ1) is 20.0. The number of nitrogens with two attached hydrogens (primary N) is 1. The number of nitrogens with one attached hydrogen (secondary N) is 2. The van der Waals surface area contributed by atoms with Crippen molar-refractivity contribution >= 4 is 23.0 Å². The van der Waals surface area contributed by atoms with Gasteiger partial charge in [0.05, 0.1) is 6.61 Å². The molecule has 1 aromatic heterocycles. The lowest BCUT2D eigenvalue weighted by atomic mass is 9.97. The fourth-order valence-corrected chi connectivity index (χ4v) is 3.21. The van der Waals surface area contributed by atoms with Crippen LogP contribution < -0.4 is 21.1 Å². The highest BCUT2D eigenvalue weighted by Crippen LogP contribution is 2.27. The summed E-state index contributed by atoms with van der Waals surface area (Å²) in [6.45, 7) is 3.73. The van der Waals surface area contributed by atoms with Crippen LogP contribution in [-0.4, -0.2) is 23.1 Å². The van der Waals surface area contributed by atoms with Crippen LogP contribution in [0.25, 0.3) is 0 Å². The van der Waals surface area contributed by atoms with E-state index in [1.807, 2.05) is 24.3 Å². The van der Waals surface area contributed by atoms with Gasteiger partial charge in [-0.1, -0.05) is 25.0 Å². The van der Waals surface area contributed by atoms with Crippen molar-refractivity contribution in [2.24, 2.45) is 0 Å². The van der Waals surface area contributed by atoms with Crippen LogP contribution in [0.15, 0.2) is 42.2 Å². The van der Waals surface area contributed by atoms with Crippen LogP contribution in [0.3, 0.4) is 0 Å². The highest BCUT2D eigenvalue weighted by atomic mass is 16.5. The molecule has 1 aliphatic carbocycles. The molecule has 6 heteroatoms. The summed E-state index contributed by atoms with van der Waals surface area (Å²) in [5.41, 5.74) is 9.25. The van der Waals surface area contributed by atoms with E-state index in [2.05, 4.69) is 33.6 Å². The fraction of sp³-hybridized carbons (Fsp3) is 0.455. The maximum absolute atomic E-state index is 6.27. The molecule has 28 heavy (non-hydrogen) atoms. The minimum atomic E-state index is 0.531. The van der Waals surface area contributed by atoms with Crippen LogP contribution in [0.5, 0.6) is 5.75 Å². The van der Waals surface area contributed by atoms with E-state index in [1.54, 1.807) is 0 Å². The first-order valence-corrected chi connectivity index (χ1v) is 10.3. The zero-order valence-electron chi connectivity index (χ0n) is 16.7. The summed E-state index contributed by atoms with van der Waals surface area (Å²) in [5.74, 6) is 2.15. The highest BCUT2D eigenvalue weighted by Gasteiger charge is 2.09. The molecule has 0 fully saturated rings. The molecule has 2 aromatic rings. The fourth-order valence-electron chi connectivity index (χ4n) is 3.21. The minimum absolute atomic E-state index is 0.531. The molecule has 6 nitrogen and oxygen atoms in total. The van der Waals surface area contributed by atoms with Crippen molar-refractivity contribution in [2.45, 2.75) is 51.9 Å². The van der Waals surface area contributed by atoms with E-state index in [4.69, 9.17) is 10.5 Å². The van der Waals surface area contributed by atoms with E-state index >= 15 is 0 Å². The molecular weight excluding hydrogens is 350 g/mol. The largest absolute Gasteiger partial charge is 0.494 e. The van der Waals surface area contributed by atoms with Crippen molar-refractivity contribution < 1.29 is 4.74 Å². The Morgan fingerprint density at radius 3 is 2.68 bits per heavy atom. The SMILES string of the molecule is CCCCOc1ccc(Nc2ncnc(NCCC3=CCCCC3)c2N)cc1. The number of unbranched alkanes of at least 4 members (excludes halogenated alkanes) is 1. The van der Waals surface area contributed by atoms with Crippen molar-refractivity contribution in [1.29, 1.82) is 0 Å². The van der Waals surface area contributed by atoms with Gasteiger partial charge in [-0.15, -0.1) is 0 Å². The van der Waals surface area contributed by atoms with Gasteiger partial charge in [0.1, 0.15) is 17.8 Å². The zero-order valence-corrected chi connectivity index (χ0v) is 16.7. The number of nitrogens with zero attached hydrogens (tertiary/aromatic N) is 2. The van der Waals surface area contributed by atoms with Gasteiger partial charge < -0.3 is 21.1 Å². The lowest BCUT2D eigenvalue weighted by Crippen LogP contribution is -2.10. The molecule has 150 valence electrons. The average molecular weight is 382 g/mol. The molecule has 0 saturated carbocycles. The van der Waals surface area contributed by atoms with Crippen LogP contribution in [0, 0.1) is 0 Å². The van der Waals surface area contributed by atoms with Crippen molar-refractivity contribution in [3.8, 4) is 5.75 Å². The van der Waals surface area contributed by atoms with Crippen LogP contribution in [0.1, 0.15) is 51.9 Å². The maximum Gasteiger partial charge on any atom is 0.159 e. The number of benzene rings is 1. The van der Waals surface area contributed by atoms with E-state index in [1.165, 1.54) is 37.6 Å². The molecule has 3 rings (SSSR count). The van der Waals surface area contributed by atoms with Gasteiger partial charge in [-0.25, -0.2) is 9.97 Å². The van der Waals surface area contributed by atoms with Gasteiger partial charge >= 0.3 is 0 Å². The van der Waals surface area contributed by atoms with E-state index in [0.29, 0.717) is 17.3 Å². The van der Waals surface area contributed by atoms with Gasteiger partial charge in [-0.05, 0) is 62.8 Å². The number of hydrogen-bond acceptors (Lipinski definition) is 6. The summed E-state index contributed by atoms with van der Waals surface area (Å²) < 4.78 is 5.70. The van der Waals surface area contributed by atoms with Gasteiger partial charge in [0.25, 0.3) is 0 Å². The second kappa shape index (κ2) is 10.5. The first-order chi connectivity index (χ1) is 13.8. The standard InChI is InChI=1S/C22H31N5O/c1-2-3-15-28-19-11-9-18(10-12-19)27-22-20(23)21(25-16-26-22)24-14-13-17-7-5-4-6-8-17/h7,9-12,16H,2-6,8,13-15,23H2,1H3,(H2,24,25,26,27). The molecule has 0 amide bonds. The lowest BCUT2D eigenvalue weighted by molar-refractivity contribution is 0.309. The van der Waals surface area contributed by atoms with Gasteiger partial charge in [0, 0.05) is 12.2 Å². The highest BCUT2D eigenvalue weighted by molar-refractivity contribution is 5.77. The number of hydrogen-bond donors (Lipinski definition) is 3. The summed E-state index contributed by atoms with van der Waals surface area (Å²) in [6.07, 6.45) is 12.2. The van der Waals surface area contributed by atoms with E-state index in [9.17, 15) is 0 Å². The van der Waals surface area contributed by atoms with Crippen molar-refractivity contribution in [3.05, 3.63) is 42.2 Å². The third kappa shape index (κ3) is 5.87. The normalized spacial score (nSPS) is 13.7. The monoisotopic (exact) mass is 381 g/mol. The predicted molar refractivity (Wildman–Crippen MR) is 116 cm³/mol. The molecule has 0 unspecified atom stereocenters. The van der Waals surface area contributed by atoms with Crippen molar-refractivity contribution in [3.63, 3.8) is 0 Å². The quantitative estimate of drug-likeness (QED) is 0.383. The molecule has 0 aliphatic heterocycles. The van der Waals surface area contributed by atoms with Crippen molar-refractivity contribution in [1.82, 2.24) is 9.97 Å². The maximum atomic E-state index is 6.27. The van der Waals surface area contributed by atoms with Crippen LogP contribution >= 0.6 is 0 Å². The Kier molecular flexibility index (Phi) is 7.53. The summed E-state index contributed by atoms with van der Waals surface area (Å²) in [6, 6.07) is 7.83. The second-order valence-electron chi connectivity index (χ2n) is 7.12. The smallest absolute Gasteiger partial charge is 0.159 e. The third-order valence-electron chi connectivity index (χ3n) is 4.89. The molecule has 0 bridgehead atoms. The summed E-state index contributed by atoms with van der Waals surface area (Å²) in [5, 5.41) is 6.61. The lowest BCUT2D eigenvalue weighted by Gasteiger charge is -2.15. The number of ether oxygens (including phenoxy) is 1. The van der Waals surface area contributed by atoms with E-state index in [-0.39, 0.29) is 0 Å². The average Bonchev–Trinajstić information content (AvgIpc) is 2.73. The van der Waals surface area contributed by atoms with Gasteiger partial charge in [0.15, 0.2) is 11.6 Å². The number of allylic oxidation sites excluding steroid dienone is 1. The molecule has 1 heterocycles. The Labute approximate surface area is 167 Å². The first-order valence-electron chi connectivity index (χ1n) is 10.3. The number of aromatic nitrogens is 2. The molecule has 0 radical (unpaired) electrons. The van der Waals surface area contributed by atoms with Crippen LogP contribution in [0.2, 0.25) is 0 Å². The topological polar surface area (TPSA) is 85.1 Å². The summed E-state index contributed by atoms with van der Waals surface area (Å²) >= 11 is 0. The molecule has 0 saturated heterocycles. The molecule has 4 N–H and O–H groups in total. The Morgan fingerprint density at radius 2 is 1.93 bits per heavy atom. The van der Waals surface area contributed by atoms with Crippen molar-refractivity contribution in [2.75, 3.05) is 29.5 Å². The predicted octanol–water partition coefficient (Wildman–Crippen LogP) is 5.28. The van der Waals surface area contributed by atoms with Gasteiger partial charge in [0.2, 0.25) is 0 Å². The Balaban J connectivity index is 1.55. The summed E-state index contributed by atoms with van der Waals surface area (Å²) in [4.78, 5) is 8.58. The Hall–Kier alpha value is -2.76. The van der Waals surface area contributed by atoms with Gasteiger partial charge in [-0.3, -0.25) is 0 Å². The van der Waals surface area contributed by atoms with E-state index in [0.717, 1.165) is 43.9 Å². The second-order valence-corrected chi connectivity index (χ2v) is 7.12. The summed E-state index contributed by atoms with van der Waals surface area (Å²) in [7, 11) is 0. The molecule has 1 aromatic carbocycles. The third-order valence-corrected chi connectivity index (χ3v) is 4.89. The number of anilines is 4. The number of nitrogen functional groups attached to an aromatic ring is 1. The molecular formula is C22H31N5O. The molecule has 0 atom stereocenters. The van der Waals surface area contributed by atoms with Crippen LogP contribution in [0.4, 0.5) is 23.0 Å². The van der Waals surface area contributed by atoms with Crippen LogP contribution in [-0.2, 0) is 0 Å². The Morgan fingerprint density at radius 1 is 1.11 bits per heavy atom. The molecule has 0 spiro atoms. The Bertz CT molecular complexity index is 773. The number of rotatable bonds is 10.